The Bertz CT molecular complexity index is 646. The zero-order valence-electron chi connectivity index (χ0n) is 10.8. The molecule has 1 unspecified atom stereocenters. The molecule has 3 nitrogen and oxygen atoms in total. The van der Waals surface area contributed by atoms with Crippen molar-refractivity contribution >= 4 is 5.69 Å². The van der Waals surface area contributed by atoms with Crippen LogP contribution in [0.5, 0.6) is 11.5 Å². The molecule has 5 heteroatoms. The van der Waals surface area contributed by atoms with Crippen LogP contribution in [0, 0.1) is 11.6 Å². The fourth-order valence-corrected chi connectivity index (χ4v) is 2.17. The first-order valence-electron chi connectivity index (χ1n) is 6.25. The van der Waals surface area contributed by atoms with Crippen LogP contribution in [0.2, 0.25) is 0 Å². The minimum absolute atomic E-state index is 0.201. The number of benzene rings is 2. The summed E-state index contributed by atoms with van der Waals surface area (Å²) in [5.74, 6) is -0.350. The van der Waals surface area contributed by atoms with Crippen LogP contribution < -0.4 is 14.8 Å². The van der Waals surface area contributed by atoms with Crippen LogP contribution in [0.4, 0.5) is 14.5 Å². The van der Waals surface area contributed by atoms with Gasteiger partial charge in [-0.15, -0.1) is 0 Å². The molecule has 0 aromatic heterocycles. The van der Waals surface area contributed by atoms with E-state index in [1.54, 1.807) is 31.2 Å². The minimum atomic E-state index is -0.846. The topological polar surface area (TPSA) is 30.5 Å². The van der Waals surface area contributed by atoms with E-state index in [4.69, 9.17) is 9.47 Å². The summed E-state index contributed by atoms with van der Waals surface area (Å²) in [6, 6.07) is 9.14. The second-order valence-corrected chi connectivity index (χ2v) is 4.58. The van der Waals surface area contributed by atoms with E-state index in [9.17, 15) is 8.78 Å². The highest BCUT2D eigenvalue weighted by Gasteiger charge is 2.16. The van der Waals surface area contributed by atoms with Gasteiger partial charge in [0.1, 0.15) is 0 Å². The summed E-state index contributed by atoms with van der Waals surface area (Å²) in [4.78, 5) is 0. The maximum atomic E-state index is 13.7. The van der Waals surface area contributed by atoms with Crippen molar-refractivity contribution < 1.29 is 18.3 Å². The Morgan fingerprint density at radius 3 is 2.75 bits per heavy atom. The Hall–Kier alpha value is -2.30. The lowest BCUT2D eigenvalue weighted by molar-refractivity contribution is 0.174. The molecule has 3 rings (SSSR count). The van der Waals surface area contributed by atoms with Crippen molar-refractivity contribution in [2.75, 3.05) is 12.1 Å². The third-order valence-corrected chi connectivity index (χ3v) is 3.20. The van der Waals surface area contributed by atoms with Gasteiger partial charge in [0.05, 0.1) is 6.04 Å². The highest BCUT2D eigenvalue weighted by molar-refractivity contribution is 5.56. The Balaban J connectivity index is 1.82. The number of anilines is 1. The summed E-state index contributed by atoms with van der Waals surface area (Å²) < 4.78 is 37.4. The van der Waals surface area contributed by atoms with Gasteiger partial charge in [-0.3, -0.25) is 0 Å². The van der Waals surface area contributed by atoms with E-state index >= 15 is 0 Å². The highest BCUT2D eigenvalue weighted by atomic mass is 19.2. The fourth-order valence-electron chi connectivity index (χ4n) is 2.17. The molecule has 104 valence electrons. The van der Waals surface area contributed by atoms with Crippen molar-refractivity contribution in [3.63, 3.8) is 0 Å². The lowest BCUT2D eigenvalue weighted by Crippen LogP contribution is -2.09. The molecule has 0 fully saturated rings. The van der Waals surface area contributed by atoms with E-state index in [-0.39, 0.29) is 18.4 Å². The van der Waals surface area contributed by atoms with E-state index in [1.165, 1.54) is 6.07 Å². The lowest BCUT2D eigenvalue weighted by Gasteiger charge is -2.16. The Morgan fingerprint density at radius 2 is 1.90 bits per heavy atom. The zero-order chi connectivity index (χ0) is 14.1. The van der Waals surface area contributed by atoms with Crippen molar-refractivity contribution in [2.45, 2.75) is 13.0 Å². The lowest BCUT2D eigenvalue weighted by atomic mass is 10.1. The third kappa shape index (κ3) is 2.27. The van der Waals surface area contributed by atoms with Crippen LogP contribution in [0.15, 0.2) is 36.4 Å². The van der Waals surface area contributed by atoms with Gasteiger partial charge in [-0.2, -0.15) is 0 Å². The van der Waals surface area contributed by atoms with Crippen molar-refractivity contribution in [1.82, 2.24) is 0 Å². The summed E-state index contributed by atoms with van der Waals surface area (Å²) >= 11 is 0. The normalized spacial score (nSPS) is 14.2. The van der Waals surface area contributed by atoms with Crippen molar-refractivity contribution in [1.29, 1.82) is 0 Å². The van der Waals surface area contributed by atoms with Gasteiger partial charge in [0.25, 0.3) is 0 Å². The molecule has 0 bridgehead atoms. The molecule has 1 aliphatic rings. The average molecular weight is 277 g/mol. The molecule has 0 saturated carbocycles. The number of halogens is 2. The van der Waals surface area contributed by atoms with Gasteiger partial charge >= 0.3 is 0 Å². The number of hydrogen-bond donors (Lipinski definition) is 1. The molecule has 1 atom stereocenters. The van der Waals surface area contributed by atoms with Crippen molar-refractivity contribution in [3.05, 3.63) is 53.6 Å². The Morgan fingerprint density at radius 1 is 1.10 bits per heavy atom. The van der Waals surface area contributed by atoms with Crippen molar-refractivity contribution in [2.24, 2.45) is 0 Å². The third-order valence-electron chi connectivity index (χ3n) is 3.20. The van der Waals surface area contributed by atoms with Gasteiger partial charge in [0.2, 0.25) is 6.79 Å². The van der Waals surface area contributed by atoms with Crippen LogP contribution in [0.25, 0.3) is 0 Å². The van der Waals surface area contributed by atoms with Crippen molar-refractivity contribution in [3.8, 4) is 11.5 Å². The van der Waals surface area contributed by atoms with Crippen LogP contribution in [0.1, 0.15) is 18.5 Å². The van der Waals surface area contributed by atoms with E-state index < -0.39 is 11.6 Å². The first kappa shape index (κ1) is 12.7. The van der Waals surface area contributed by atoms with Crippen LogP contribution in [-0.2, 0) is 0 Å². The summed E-state index contributed by atoms with van der Waals surface area (Å²) in [5.41, 5.74) is 1.04. The maximum absolute atomic E-state index is 13.7. The molecule has 0 radical (unpaired) electrons. The molecule has 0 spiro atoms. The average Bonchev–Trinajstić information content (AvgIpc) is 2.89. The summed E-state index contributed by atoms with van der Waals surface area (Å²) in [6.45, 7) is 1.97. The van der Waals surface area contributed by atoms with E-state index in [0.717, 1.165) is 11.8 Å². The molecule has 2 aromatic carbocycles. The molecule has 20 heavy (non-hydrogen) atoms. The fraction of sp³-hybridized carbons (Fsp3) is 0.200. The quantitative estimate of drug-likeness (QED) is 0.924. The zero-order valence-corrected chi connectivity index (χ0v) is 10.8. The summed E-state index contributed by atoms with van der Waals surface area (Å²) in [6.07, 6.45) is 0. The van der Waals surface area contributed by atoms with Gasteiger partial charge < -0.3 is 14.8 Å². The SMILES string of the molecule is CC(Nc1ccc2c(c1)OCO2)c1cccc(F)c1F. The minimum Gasteiger partial charge on any atom is -0.454 e. The first-order valence-corrected chi connectivity index (χ1v) is 6.25. The van der Waals surface area contributed by atoms with E-state index in [0.29, 0.717) is 11.5 Å². The largest absolute Gasteiger partial charge is 0.454 e. The predicted molar refractivity (Wildman–Crippen MR) is 71.0 cm³/mol. The standard InChI is InChI=1S/C15H13F2NO2/c1-9(11-3-2-4-12(16)15(11)17)18-10-5-6-13-14(7-10)20-8-19-13/h2-7,9,18H,8H2,1H3. The molecule has 2 aromatic rings. The number of rotatable bonds is 3. The van der Waals surface area contributed by atoms with Gasteiger partial charge in [-0.05, 0) is 25.1 Å². The second kappa shape index (κ2) is 5.00. The van der Waals surface area contributed by atoms with Crippen LogP contribution >= 0.6 is 0 Å². The van der Waals surface area contributed by atoms with E-state index in [2.05, 4.69) is 5.32 Å². The Kier molecular flexibility index (Phi) is 3.18. The highest BCUT2D eigenvalue weighted by Crippen LogP contribution is 2.35. The van der Waals surface area contributed by atoms with Gasteiger partial charge in [0.15, 0.2) is 23.1 Å². The number of fused-ring (bicyclic) bond motifs is 1. The van der Waals surface area contributed by atoms with Crippen LogP contribution in [0.3, 0.4) is 0 Å². The molecular weight excluding hydrogens is 264 g/mol. The number of hydrogen-bond acceptors (Lipinski definition) is 3. The monoisotopic (exact) mass is 277 g/mol. The Labute approximate surface area is 115 Å². The summed E-state index contributed by atoms with van der Waals surface area (Å²) in [7, 11) is 0. The molecule has 0 aliphatic carbocycles. The van der Waals surface area contributed by atoms with Gasteiger partial charge in [-0.1, -0.05) is 12.1 Å². The molecule has 1 heterocycles. The maximum Gasteiger partial charge on any atom is 0.231 e. The summed E-state index contributed by atoms with van der Waals surface area (Å²) in [5, 5.41) is 3.11. The molecule has 0 amide bonds. The van der Waals surface area contributed by atoms with E-state index in [1.807, 2.05) is 0 Å². The van der Waals surface area contributed by atoms with Gasteiger partial charge in [-0.25, -0.2) is 8.78 Å². The molecular formula is C15H13F2NO2. The first-order chi connectivity index (χ1) is 9.65. The van der Waals surface area contributed by atoms with Gasteiger partial charge in [0, 0.05) is 17.3 Å². The number of nitrogens with one attached hydrogen (secondary N) is 1. The smallest absolute Gasteiger partial charge is 0.231 e. The number of ether oxygens (including phenoxy) is 2. The predicted octanol–water partition coefficient (Wildman–Crippen LogP) is 3.87. The van der Waals surface area contributed by atoms with Crippen LogP contribution in [-0.4, -0.2) is 6.79 Å². The molecule has 1 N–H and O–H groups in total. The molecule has 1 aliphatic heterocycles. The molecule has 0 saturated heterocycles. The second-order valence-electron chi connectivity index (χ2n) is 4.58.